The number of nitrogens with two attached hydrogens (primary N) is 1. The molecular formula is C15H24N2O2. The maximum atomic E-state index is 10.5. The van der Waals surface area contributed by atoms with Crippen LogP contribution in [0.4, 0.5) is 0 Å². The zero-order chi connectivity index (χ0) is 14.1. The summed E-state index contributed by atoms with van der Waals surface area (Å²) in [6, 6.07) is 10.5. The van der Waals surface area contributed by atoms with Crippen molar-refractivity contribution in [2.45, 2.75) is 19.8 Å². The van der Waals surface area contributed by atoms with E-state index in [1.807, 2.05) is 6.07 Å². The van der Waals surface area contributed by atoms with Crippen LogP contribution in [0.2, 0.25) is 0 Å². The first-order valence-corrected chi connectivity index (χ1v) is 6.73. The minimum Gasteiger partial charge on any atom is -0.370 e. The summed E-state index contributed by atoms with van der Waals surface area (Å²) in [4.78, 5) is 10.5. The summed E-state index contributed by atoms with van der Waals surface area (Å²) in [5.41, 5.74) is 6.34. The van der Waals surface area contributed by atoms with Crippen molar-refractivity contribution >= 4 is 5.91 Å². The number of ether oxygens (including phenoxy) is 1. The lowest BCUT2D eigenvalue weighted by Gasteiger charge is -2.22. The van der Waals surface area contributed by atoms with Crippen molar-refractivity contribution in [1.29, 1.82) is 0 Å². The van der Waals surface area contributed by atoms with Gasteiger partial charge in [0.25, 0.3) is 0 Å². The third-order valence-corrected chi connectivity index (χ3v) is 3.06. The Hall–Kier alpha value is -1.39. The fraction of sp³-hybridized carbons (Fsp3) is 0.533. The van der Waals surface area contributed by atoms with E-state index < -0.39 is 5.91 Å². The van der Waals surface area contributed by atoms with Crippen LogP contribution >= 0.6 is 0 Å². The van der Waals surface area contributed by atoms with E-state index in [1.54, 1.807) is 0 Å². The lowest BCUT2D eigenvalue weighted by Crippen LogP contribution is -2.29. The number of primary amides is 1. The third kappa shape index (κ3) is 6.36. The molecule has 1 amide bonds. The van der Waals surface area contributed by atoms with E-state index in [1.165, 1.54) is 5.56 Å². The molecule has 1 aromatic carbocycles. The lowest BCUT2D eigenvalue weighted by molar-refractivity contribution is -0.122. The molecule has 106 valence electrons. The predicted octanol–water partition coefficient (Wildman–Crippen LogP) is 1.52. The van der Waals surface area contributed by atoms with Crippen LogP contribution in [0.25, 0.3) is 0 Å². The summed E-state index contributed by atoms with van der Waals surface area (Å²) in [6.45, 7) is 6.58. The topological polar surface area (TPSA) is 64.3 Å². The molecule has 0 saturated heterocycles. The monoisotopic (exact) mass is 264 g/mol. The average molecular weight is 264 g/mol. The second-order valence-electron chi connectivity index (χ2n) is 4.98. The molecule has 0 radical (unpaired) electrons. The first kappa shape index (κ1) is 15.7. The number of nitrogens with one attached hydrogen (secondary N) is 1. The van der Waals surface area contributed by atoms with Gasteiger partial charge < -0.3 is 15.8 Å². The van der Waals surface area contributed by atoms with Crippen LogP contribution in [0.15, 0.2) is 30.3 Å². The zero-order valence-electron chi connectivity index (χ0n) is 11.8. The van der Waals surface area contributed by atoms with Crippen molar-refractivity contribution in [3.05, 3.63) is 35.9 Å². The highest BCUT2D eigenvalue weighted by Crippen LogP contribution is 2.23. The summed E-state index contributed by atoms with van der Waals surface area (Å²) in [5, 5.41) is 3.36. The number of hydrogen-bond acceptors (Lipinski definition) is 3. The van der Waals surface area contributed by atoms with Gasteiger partial charge in [-0.05, 0) is 17.4 Å². The van der Waals surface area contributed by atoms with Crippen LogP contribution < -0.4 is 11.1 Å². The molecule has 0 spiro atoms. The van der Waals surface area contributed by atoms with Gasteiger partial charge >= 0.3 is 0 Å². The van der Waals surface area contributed by atoms with E-state index in [-0.39, 0.29) is 6.61 Å². The van der Waals surface area contributed by atoms with Gasteiger partial charge in [-0.15, -0.1) is 0 Å². The van der Waals surface area contributed by atoms with Crippen LogP contribution in [0, 0.1) is 5.92 Å². The van der Waals surface area contributed by atoms with Crippen molar-refractivity contribution in [2.75, 3.05) is 26.3 Å². The number of benzene rings is 1. The first-order chi connectivity index (χ1) is 9.11. The zero-order valence-corrected chi connectivity index (χ0v) is 11.8. The highest BCUT2D eigenvalue weighted by Gasteiger charge is 2.14. The van der Waals surface area contributed by atoms with E-state index in [0.29, 0.717) is 18.4 Å². The van der Waals surface area contributed by atoms with Crippen molar-refractivity contribution < 1.29 is 9.53 Å². The number of carbonyl (C=O) groups excluding carboxylic acids is 1. The predicted molar refractivity (Wildman–Crippen MR) is 76.9 cm³/mol. The lowest BCUT2D eigenvalue weighted by atomic mass is 9.88. The molecule has 4 nitrogen and oxygen atoms in total. The molecule has 0 saturated carbocycles. The maximum Gasteiger partial charge on any atom is 0.243 e. The Morgan fingerprint density at radius 3 is 2.58 bits per heavy atom. The molecule has 4 heteroatoms. The van der Waals surface area contributed by atoms with Gasteiger partial charge in [0.1, 0.15) is 6.61 Å². The average Bonchev–Trinajstić information content (AvgIpc) is 2.38. The van der Waals surface area contributed by atoms with Gasteiger partial charge in [0.05, 0.1) is 6.61 Å². The molecule has 0 aliphatic rings. The molecule has 0 heterocycles. The fourth-order valence-corrected chi connectivity index (χ4v) is 2.01. The molecule has 1 atom stereocenters. The Kier molecular flexibility index (Phi) is 7.15. The van der Waals surface area contributed by atoms with Gasteiger partial charge in [-0.2, -0.15) is 0 Å². The smallest absolute Gasteiger partial charge is 0.243 e. The molecule has 0 fully saturated rings. The van der Waals surface area contributed by atoms with Gasteiger partial charge in [0, 0.05) is 13.1 Å². The van der Waals surface area contributed by atoms with Gasteiger partial charge in [0.15, 0.2) is 0 Å². The summed E-state index contributed by atoms with van der Waals surface area (Å²) >= 11 is 0. The van der Waals surface area contributed by atoms with Crippen molar-refractivity contribution in [3.8, 4) is 0 Å². The molecule has 0 bridgehead atoms. The quantitative estimate of drug-likeness (QED) is 0.665. The molecule has 1 unspecified atom stereocenters. The second-order valence-corrected chi connectivity index (χ2v) is 4.98. The number of hydrogen-bond donors (Lipinski definition) is 2. The number of amides is 1. The SMILES string of the molecule is CC(C)C(CNCCOCC(N)=O)c1ccccc1. The summed E-state index contributed by atoms with van der Waals surface area (Å²) in [6.07, 6.45) is 0. The van der Waals surface area contributed by atoms with Crippen molar-refractivity contribution in [1.82, 2.24) is 5.32 Å². The number of rotatable bonds is 9. The fourth-order valence-electron chi connectivity index (χ4n) is 2.01. The molecule has 19 heavy (non-hydrogen) atoms. The highest BCUT2D eigenvalue weighted by molar-refractivity contribution is 5.74. The molecule has 0 aromatic heterocycles. The Morgan fingerprint density at radius 1 is 1.32 bits per heavy atom. The van der Waals surface area contributed by atoms with Gasteiger partial charge in [-0.1, -0.05) is 44.2 Å². The number of carbonyl (C=O) groups is 1. The van der Waals surface area contributed by atoms with Crippen molar-refractivity contribution in [3.63, 3.8) is 0 Å². The Balaban J connectivity index is 2.30. The van der Waals surface area contributed by atoms with Gasteiger partial charge in [-0.25, -0.2) is 0 Å². The van der Waals surface area contributed by atoms with E-state index >= 15 is 0 Å². The molecule has 0 aliphatic carbocycles. The van der Waals surface area contributed by atoms with Crippen LogP contribution in [-0.4, -0.2) is 32.2 Å². The van der Waals surface area contributed by atoms with Crippen molar-refractivity contribution in [2.24, 2.45) is 11.7 Å². The van der Waals surface area contributed by atoms with E-state index in [0.717, 1.165) is 13.1 Å². The largest absolute Gasteiger partial charge is 0.370 e. The van der Waals surface area contributed by atoms with Crippen LogP contribution in [0.5, 0.6) is 0 Å². The Labute approximate surface area is 115 Å². The van der Waals surface area contributed by atoms with E-state index in [9.17, 15) is 4.79 Å². The minimum atomic E-state index is -0.427. The molecule has 1 rings (SSSR count). The van der Waals surface area contributed by atoms with Crippen LogP contribution in [0.3, 0.4) is 0 Å². The standard InChI is InChI=1S/C15H24N2O2/c1-12(2)14(13-6-4-3-5-7-13)10-17-8-9-19-11-15(16)18/h3-7,12,14,17H,8-11H2,1-2H3,(H2,16,18). The van der Waals surface area contributed by atoms with Crippen LogP contribution in [0.1, 0.15) is 25.3 Å². The summed E-state index contributed by atoms with van der Waals surface area (Å²) < 4.78 is 5.11. The van der Waals surface area contributed by atoms with Gasteiger partial charge in [-0.3, -0.25) is 4.79 Å². The Morgan fingerprint density at radius 2 is 2.00 bits per heavy atom. The third-order valence-electron chi connectivity index (χ3n) is 3.06. The van der Waals surface area contributed by atoms with E-state index in [2.05, 4.69) is 43.4 Å². The molecule has 1 aromatic rings. The molecule has 3 N–H and O–H groups in total. The maximum absolute atomic E-state index is 10.5. The second kappa shape index (κ2) is 8.67. The van der Waals surface area contributed by atoms with Crippen LogP contribution in [-0.2, 0) is 9.53 Å². The Bertz CT molecular complexity index is 366. The van der Waals surface area contributed by atoms with E-state index in [4.69, 9.17) is 10.5 Å². The minimum absolute atomic E-state index is 0.00598. The summed E-state index contributed by atoms with van der Waals surface area (Å²) in [5.74, 6) is 0.628. The van der Waals surface area contributed by atoms with Gasteiger partial charge in [0.2, 0.25) is 5.91 Å². The normalized spacial score (nSPS) is 12.6. The molecule has 0 aliphatic heterocycles. The summed E-state index contributed by atoms with van der Waals surface area (Å²) in [7, 11) is 0. The molecular weight excluding hydrogens is 240 g/mol. The highest BCUT2D eigenvalue weighted by atomic mass is 16.5. The first-order valence-electron chi connectivity index (χ1n) is 6.73.